The zero-order chi connectivity index (χ0) is 14.3. The summed E-state index contributed by atoms with van der Waals surface area (Å²) in [5, 5.41) is 2.71. The lowest BCUT2D eigenvalue weighted by atomic mass is 10.1. The van der Waals surface area contributed by atoms with Crippen LogP contribution < -0.4 is 11.1 Å². The highest BCUT2D eigenvalue weighted by Crippen LogP contribution is 2.11. The Hall–Kier alpha value is -1.18. The van der Waals surface area contributed by atoms with E-state index in [1.165, 1.54) is 7.11 Å². The molecule has 1 aliphatic heterocycles. The van der Waals surface area contributed by atoms with Crippen LogP contribution in [-0.4, -0.2) is 68.8 Å². The fourth-order valence-corrected chi connectivity index (χ4v) is 1.99. The lowest BCUT2D eigenvalue weighted by molar-refractivity contribution is -0.150. The molecule has 0 aromatic heterocycles. The van der Waals surface area contributed by atoms with Gasteiger partial charge in [0.1, 0.15) is 6.04 Å². The van der Waals surface area contributed by atoms with E-state index in [2.05, 4.69) is 5.32 Å². The molecule has 0 saturated carbocycles. The molecule has 19 heavy (non-hydrogen) atoms. The van der Waals surface area contributed by atoms with E-state index in [1.54, 1.807) is 4.90 Å². The molecule has 0 aliphatic carbocycles. The maximum absolute atomic E-state index is 12.2. The highest BCUT2D eigenvalue weighted by molar-refractivity contribution is 5.88. The highest BCUT2D eigenvalue weighted by Gasteiger charge is 2.33. The van der Waals surface area contributed by atoms with Crippen molar-refractivity contribution in [2.24, 2.45) is 5.73 Å². The summed E-state index contributed by atoms with van der Waals surface area (Å²) >= 11 is 0. The molecule has 1 rings (SSSR count). The van der Waals surface area contributed by atoms with Crippen molar-refractivity contribution in [2.45, 2.75) is 25.5 Å². The number of carbonyl (C=O) groups excluding carboxylic acids is 2. The van der Waals surface area contributed by atoms with E-state index in [-0.39, 0.29) is 37.5 Å². The van der Waals surface area contributed by atoms with Crippen molar-refractivity contribution >= 4 is 11.8 Å². The normalized spacial score (nSPS) is 21.0. The molecule has 0 aromatic carbocycles. The molecule has 0 spiro atoms. The molecule has 0 bridgehead atoms. The van der Waals surface area contributed by atoms with E-state index >= 15 is 0 Å². The van der Waals surface area contributed by atoms with Gasteiger partial charge in [0.2, 0.25) is 11.8 Å². The zero-order valence-electron chi connectivity index (χ0n) is 11.6. The minimum Gasteiger partial charge on any atom is -0.380 e. The maximum Gasteiger partial charge on any atom is 0.245 e. The monoisotopic (exact) mass is 273 g/mol. The third kappa shape index (κ3) is 4.45. The average molecular weight is 273 g/mol. The molecule has 1 saturated heterocycles. The van der Waals surface area contributed by atoms with E-state index in [9.17, 15) is 9.59 Å². The summed E-state index contributed by atoms with van der Waals surface area (Å²) in [6.07, 6.45) is -0.131. The van der Waals surface area contributed by atoms with Crippen LogP contribution in [0, 0.1) is 0 Å². The first-order valence-corrected chi connectivity index (χ1v) is 6.51. The molecule has 1 fully saturated rings. The molecule has 2 amide bonds. The Morgan fingerprint density at radius 3 is 2.89 bits per heavy atom. The number of hydrogen-bond acceptors (Lipinski definition) is 5. The van der Waals surface area contributed by atoms with Crippen molar-refractivity contribution < 1.29 is 19.1 Å². The van der Waals surface area contributed by atoms with Crippen LogP contribution in [0.25, 0.3) is 0 Å². The van der Waals surface area contributed by atoms with Crippen LogP contribution in [0.5, 0.6) is 0 Å². The maximum atomic E-state index is 12.2. The Morgan fingerprint density at radius 2 is 2.32 bits per heavy atom. The average Bonchev–Trinajstić information content (AvgIpc) is 2.44. The van der Waals surface area contributed by atoms with Crippen LogP contribution in [0.3, 0.4) is 0 Å². The van der Waals surface area contributed by atoms with Crippen molar-refractivity contribution in [1.29, 1.82) is 0 Å². The zero-order valence-corrected chi connectivity index (χ0v) is 11.6. The predicted molar refractivity (Wildman–Crippen MR) is 69.5 cm³/mol. The van der Waals surface area contributed by atoms with E-state index in [0.717, 1.165) is 0 Å². The number of rotatable bonds is 6. The summed E-state index contributed by atoms with van der Waals surface area (Å²) in [7, 11) is 1.52. The van der Waals surface area contributed by atoms with Gasteiger partial charge in [0.25, 0.3) is 0 Å². The van der Waals surface area contributed by atoms with Gasteiger partial charge in [-0.05, 0) is 6.92 Å². The van der Waals surface area contributed by atoms with Crippen molar-refractivity contribution in [1.82, 2.24) is 10.2 Å². The molecule has 0 radical (unpaired) electrons. The number of nitrogens with two attached hydrogens (primary N) is 1. The van der Waals surface area contributed by atoms with Crippen molar-refractivity contribution in [3.8, 4) is 0 Å². The Bertz CT molecular complexity index is 307. The molecule has 1 aliphatic rings. The van der Waals surface area contributed by atoms with Gasteiger partial charge in [-0.3, -0.25) is 9.59 Å². The van der Waals surface area contributed by atoms with Gasteiger partial charge in [-0.1, -0.05) is 0 Å². The van der Waals surface area contributed by atoms with E-state index < -0.39 is 6.04 Å². The second kappa shape index (κ2) is 8.08. The van der Waals surface area contributed by atoms with Crippen molar-refractivity contribution in [3.05, 3.63) is 0 Å². The molecule has 2 atom stereocenters. The number of carbonyl (C=O) groups is 2. The minimum atomic E-state index is -0.559. The molecule has 7 heteroatoms. The number of hydrogen-bond donors (Lipinski definition) is 2. The van der Waals surface area contributed by atoms with Gasteiger partial charge in [0.15, 0.2) is 0 Å². The summed E-state index contributed by atoms with van der Waals surface area (Å²) in [4.78, 5) is 25.6. The standard InChI is InChI=1S/C12H23N3O4/c1-3-14-12(17)10-8-19-5-4-15(10)11(16)6-9(7-13)18-2/h9-10H,3-8,13H2,1-2H3,(H,14,17). The Labute approximate surface area is 113 Å². The quantitative estimate of drug-likeness (QED) is 0.628. The van der Waals surface area contributed by atoms with Gasteiger partial charge in [0.05, 0.1) is 25.7 Å². The molecular formula is C12H23N3O4. The van der Waals surface area contributed by atoms with Gasteiger partial charge < -0.3 is 25.4 Å². The van der Waals surface area contributed by atoms with Crippen LogP contribution in [0.4, 0.5) is 0 Å². The summed E-state index contributed by atoms with van der Waals surface area (Å²) in [6.45, 7) is 3.74. The van der Waals surface area contributed by atoms with E-state index in [1.807, 2.05) is 6.92 Å². The number of methoxy groups -OCH3 is 1. The Balaban J connectivity index is 2.65. The van der Waals surface area contributed by atoms with Gasteiger partial charge in [-0.25, -0.2) is 0 Å². The molecule has 110 valence electrons. The smallest absolute Gasteiger partial charge is 0.245 e. The Kier molecular flexibility index (Phi) is 6.75. The Morgan fingerprint density at radius 1 is 1.58 bits per heavy atom. The van der Waals surface area contributed by atoms with Crippen molar-refractivity contribution in [3.63, 3.8) is 0 Å². The predicted octanol–water partition coefficient (Wildman–Crippen LogP) is -1.29. The number of amides is 2. The van der Waals surface area contributed by atoms with Gasteiger partial charge in [-0.15, -0.1) is 0 Å². The summed E-state index contributed by atoms with van der Waals surface area (Å²) < 4.78 is 10.4. The van der Waals surface area contributed by atoms with Crippen LogP contribution in [0.2, 0.25) is 0 Å². The first kappa shape index (κ1) is 15.9. The fourth-order valence-electron chi connectivity index (χ4n) is 1.99. The fraction of sp³-hybridized carbons (Fsp3) is 0.833. The lowest BCUT2D eigenvalue weighted by Gasteiger charge is -2.35. The van der Waals surface area contributed by atoms with Crippen molar-refractivity contribution in [2.75, 3.05) is 40.0 Å². The SMILES string of the molecule is CCNC(=O)C1COCCN1C(=O)CC(CN)OC. The second-order valence-electron chi connectivity index (χ2n) is 4.37. The van der Waals surface area contributed by atoms with E-state index in [4.69, 9.17) is 15.2 Å². The summed E-state index contributed by atoms with van der Waals surface area (Å²) in [5.74, 6) is -0.311. The molecule has 1 heterocycles. The molecule has 3 N–H and O–H groups in total. The van der Waals surface area contributed by atoms with Crippen LogP contribution in [0.15, 0.2) is 0 Å². The first-order chi connectivity index (χ1) is 9.13. The van der Waals surface area contributed by atoms with Crippen LogP contribution >= 0.6 is 0 Å². The third-order valence-corrected chi connectivity index (χ3v) is 3.10. The van der Waals surface area contributed by atoms with E-state index in [0.29, 0.717) is 19.7 Å². The van der Waals surface area contributed by atoms with Gasteiger partial charge in [0, 0.05) is 26.7 Å². The highest BCUT2D eigenvalue weighted by atomic mass is 16.5. The molecular weight excluding hydrogens is 250 g/mol. The van der Waals surface area contributed by atoms with Crippen LogP contribution in [-0.2, 0) is 19.1 Å². The number of nitrogens with zero attached hydrogens (tertiary/aromatic N) is 1. The number of morpholine rings is 1. The number of ether oxygens (including phenoxy) is 2. The lowest BCUT2D eigenvalue weighted by Crippen LogP contribution is -2.56. The molecule has 7 nitrogen and oxygen atoms in total. The first-order valence-electron chi connectivity index (χ1n) is 6.51. The number of likely N-dealkylation sites (N-methyl/N-ethyl adjacent to an activating group) is 1. The number of nitrogens with one attached hydrogen (secondary N) is 1. The summed E-state index contributed by atoms with van der Waals surface area (Å²) in [5.41, 5.74) is 5.50. The molecule has 2 unspecified atom stereocenters. The van der Waals surface area contributed by atoms with Gasteiger partial charge >= 0.3 is 0 Å². The second-order valence-corrected chi connectivity index (χ2v) is 4.37. The van der Waals surface area contributed by atoms with Crippen LogP contribution in [0.1, 0.15) is 13.3 Å². The minimum absolute atomic E-state index is 0.128. The summed E-state index contributed by atoms with van der Waals surface area (Å²) in [6, 6.07) is -0.559. The van der Waals surface area contributed by atoms with Gasteiger partial charge in [-0.2, -0.15) is 0 Å². The molecule has 0 aromatic rings. The largest absolute Gasteiger partial charge is 0.380 e. The topological polar surface area (TPSA) is 93.9 Å². The third-order valence-electron chi connectivity index (χ3n) is 3.10.